The number of esters is 3. The van der Waals surface area contributed by atoms with Crippen LogP contribution in [0.15, 0.2) is 25.3 Å². The minimum Gasteiger partial charge on any atom is -0.465 e. The lowest BCUT2D eigenvalue weighted by Gasteiger charge is -2.27. The molecule has 0 amide bonds. The van der Waals surface area contributed by atoms with Crippen LogP contribution in [0.3, 0.4) is 0 Å². The Kier molecular flexibility index (Phi) is 7.18. The second-order valence-corrected chi connectivity index (χ2v) is 4.21. The van der Waals surface area contributed by atoms with Crippen LogP contribution in [0.4, 0.5) is 0 Å². The zero-order valence-electron chi connectivity index (χ0n) is 11.1. The average Bonchev–Trinajstić information content (AvgIpc) is 2.40. The molecule has 0 saturated carbocycles. The summed E-state index contributed by atoms with van der Waals surface area (Å²) in [5.74, 6) is -1.69. The molecule has 0 fully saturated rings. The summed E-state index contributed by atoms with van der Waals surface area (Å²) >= 11 is 0. The number of rotatable bonds is 8. The molecule has 106 valence electrons. The Morgan fingerprint density at radius 3 is 1.63 bits per heavy atom. The number of ether oxygens (including phenoxy) is 3. The minimum absolute atomic E-state index is 0.0445. The topological polar surface area (TPSA) is 78.9 Å². The Bertz CT molecular complexity index is 347. The summed E-state index contributed by atoms with van der Waals surface area (Å²) in [6.07, 6.45) is 2.03. The van der Waals surface area contributed by atoms with E-state index in [1.54, 1.807) is 6.92 Å². The zero-order chi connectivity index (χ0) is 14.9. The van der Waals surface area contributed by atoms with E-state index in [0.717, 1.165) is 12.2 Å². The van der Waals surface area contributed by atoms with E-state index in [9.17, 15) is 14.4 Å². The van der Waals surface area contributed by atoms with Crippen LogP contribution in [0.25, 0.3) is 0 Å². The Morgan fingerprint density at radius 2 is 1.32 bits per heavy atom. The van der Waals surface area contributed by atoms with Gasteiger partial charge in [-0.05, 0) is 6.92 Å². The first kappa shape index (κ1) is 16.9. The Hall–Kier alpha value is -2.11. The summed E-state index contributed by atoms with van der Waals surface area (Å²) < 4.78 is 14.6. The largest absolute Gasteiger partial charge is 0.465 e. The second kappa shape index (κ2) is 8.07. The molecule has 0 N–H and O–H groups in total. The number of hydrogen-bond acceptors (Lipinski definition) is 6. The lowest BCUT2D eigenvalue weighted by Crippen LogP contribution is -2.36. The number of hydrogen-bond donors (Lipinski definition) is 0. The van der Waals surface area contributed by atoms with Crippen LogP contribution >= 0.6 is 0 Å². The van der Waals surface area contributed by atoms with Gasteiger partial charge in [0.2, 0.25) is 0 Å². The van der Waals surface area contributed by atoms with Crippen molar-refractivity contribution in [2.75, 3.05) is 19.8 Å². The molecule has 6 heteroatoms. The molecular weight excluding hydrogens is 252 g/mol. The van der Waals surface area contributed by atoms with E-state index >= 15 is 0 Å². The molecule has 0 spiro atoms. The summed E-state index contributed by atoms with van der Waals surface area (Å²) in [5, 5.41) is 0. The van der Waals surface area contributed by atoms with Crippen LogP contribution in [0.5, 0.6) is 0 Å². The van der Waals surface area contributed by atoms with Gasteiger partial charge >= 0.3 is 17.9 Å². The van der Waals surface area contributed by atoms with Gasteiger partial charge in [-0.3, -0.25) is 4.79 Å². The molecule has 0 saturated heterocycles. The van der Waals surface area contributed by atoms with Crippen LogP contribution in [0, 0.1) is 5.41 Å². The van der Waals surface area contributed by atoms with Gasteiger partial charge in [0.05, 0.1) is 5.41 Å². The van der Waals surface area contributed by atoms with Crippen molar-refractivity contribution in [3.63, 3.8) is 0 Å². The fourth-order valence-corrected chi connectivity index (χ4v) is 1.01. The first-order valence-electron chi connectivity index (χ1n) is 5.55. The van der Waals surface area contributed by atoms with Gasteiger partial charge in [-0.1, -0.05) is 13.2 Å². The molecule has 0 aromatic carbocycles. The third kappa shape index (κ3) is 7.75. The highest BCUT2D eigenvalue weighted by atomic mass is 16.6. The molecule has 0 heterocycles. The first-order valence-corrected chi connectivity index (χ1v) is 5.55. The maximum absolute atomic E-state index is 11.0. The minimum atomic E-state index is -0.830. The lowest BCUT2D eigenvalue weighted by atomic mass is 9.94. The fraction of sp³-hybridized carbons (Fsp3) is 0.462. The zero-order valence-corrected chi connectivity index (χ0v) is 11.1. The van der Waals surface area contributed by atoms with Gasteiger partial charge in [0, 0.05) is 19.1 Å². The predicted octanol–water partition coefficient (Wildman–Crippen LogP) is 1.01. The van der Waals surface area contributed by atoms with Crippen molar-refractivity contribution in [2.24, 2.45) is 5.41 Å². The van der Waals surface area contributed by atoms with Crippen LogP contribution < -0.4 is 0 Å². The molecule has 0 aliphatic carbocycles. The van der Waals surface area contributed by atoms with E-state index < -0.39 is 23.3 Å². The number of carbonyl (C=O) groups excluding carboxylic acids is 3. The molecule has 0 aromatic heterocycles. The van der Waals surface area contributed by atoms with Crippen LogP contribution in [-0.4, -0.2) is 37.7 Å². The molecule has 0 bridgehead atoms. The highest BCUT2D eigenvalue weighted by Crippen LogP contribution is 2.19. The van der Waals surface area contributed by atoms with E-state index in [1.165, 1.54) is 6.92 Å². The van der Waals surface area contributed by atoms with E-state index in [4.69, 9.17) is 14.2 Å². The Balaban J connectivity index is 4.54. The quantitative estimate of drug-likeness (QED) is 0.372. The third-order valence-corrected chi connectivity index (χ3v) is 2.08. The van der Waals surface area contributed by atoms with E-state index in [-0.39, 0.29) is 19.8 Å². The van der Waals surface area contributed by atoms with Crippen LogP contribution in [-0.2, 0) is 28.6 Å². The average molecular weight is 270 g/mol. The van der Waals surface area contributed by atoms with Gasteiger partial charge in [0.1, 0.15) is 19.8 Å². The molecule has 0 radical (unpaired) electrons. The highest BCUT2D eigenvalue weighted by molar-refractivity contribution is 5.81. The van der Waals surface area contributed by atoms with Gasteiger partial charge in [-0.15, -0.1) is 0 Å². The van der Waals surface area contributed by atoms with Crippen LogP contribution in [0.2, 0.25) is 0 Å². The van der Waals surface area contributed by atoms with Crippen molar-refractivity contribution in [1.29, 1.82) is 0 Å². The number of carbonyl (C=O) groups is 3. The molecule has 6 nitrogen and oxygen atoms in total. The first-order chi connectivity index (χ1) is 8.83. The van der Waals surface area contributed by atoms with Gasteiger partial charge in [0.15, 0.2) is 0 Å². The molecule has 0 aliphatic heterocycles. The summed E-state index contributed by atoms with van der Waals surface area (Å²) in [4.78, 5) is 32.8. The van der Waals surface area contributed by atoms with Crippen molar-refractivity contribution in [2.45, 2.75) is 13.8 Å². The van der Waals surface area contributed by atoms with Gasteiger partial charge in [0.25, 0.3) is 0 Å². The highest BCUT2D eigenvalue weighted by Gasteiger charge is 2.29. The molecule has 0 aliphatic rings. The van der Waals surface area contributed by atoms with Crippen molar-refractivity contribution < 1.29 is 28.6 Å². The predicted molar refractivity (Wildman–Crippen MR) is 67.1 cm³/mol. The Morgan fingerprint density at radius 1 is 0.947 bits per heavy atom. The maximum Gasteiger partial charge on any atom is 0.330 e. The summed E-state index contributed by atoms with van der Waals surface area (Å²) in [7, 11) is 0. The van der Waals surface area contributed by atoms with Crippen LogP contribution in [0.1, 0.15) is 13.8 Å². The van der Waals surface area contributed by atoms with Gasteiger partial charge < -0.3 is 14.2 Å². The summed E-state index contributed by atoms with van der Waals surface area (Å²) in [6.45, 7) is 9.25. The molecule has 0 aromatic rings. The Labute approximate surface area is 112 Å². The smallest absolute Gasteiger partial charge is 0.330 e. The monoisotopic (exact) mass is 270 g/mol. The van der Waals surface area contributed by atoms with E-state index in [0.29, 0.717) is 0 Å². The summed E-state index contributed by atoms with van der Waals surface area (Å²) in [5.41, 5.74) is -0.830. The normalized spacial score (nSPS) is 10.2. The summed E-state index contributed by atoms with van der Waals surface area (Å²) in [6, 6.07) is 0. The second-order valence-electron chi connectivity index (χ2n) is 4.21. The molecular formula is C13H18O6. The SMILES string of the molecule is C=CC(=O)OCC(C)(COC(C)=O)COC(=O)C=C. The van der Waals surface area contributed by atoms with E-state index in [1.807, 2.05) is 0 Å². The standard InChI is InChI=1S/C13H18O6/c1-5-11(15)18-8-13(4,7-17-10(3)14)9-19-12(16)6-2/h5-6H,1-2,7-9H2,3-4H3. The van der Waals surface area contributed by atoms with Crippen molar-refractivity contribution in [3.8, 4) is 0 Å². The molecule has 0 atom stereocenters. The van der Waals surface area contributed by atoms with Gasteiger partial charge in [-0.25, -0.2) is 9.59 Å². The van der Waals surface area contributed by atoms with Crippen molar-refractivity contribution in [3.05, 3.63) is 25.3 Å². The molecule has 0 rings (SSSR count). The van der Waals surface area contributed by atoms with Gasteiger partial charge in [-0.2, -0.15) is 0 Å². The molecule has 19 heavy (non-hydrogen) atoms. The van der Waals surface area contributed by atoms with Crippen molar-refractivity contribution >= 4 is 17.9 Å². The lowest BCUT2D eigenvalue weighted by molar-refractivity contribution is -0.155. The fourth-order valence-electron chi connectivity index (χ4n) is 1.01. The maximum atomic E-state index is 11.0. The van der Waals surface area contributed by atoms with E-state index in [2.05, 4.69) is 13.2 Å². The molecule has 0 unspecified atom stereocenters. The van der Waals surface area contributed by atoms with Crippen molar-refractivity contribution in [1.82, 2.24) is 0 Å². The third-order valence-electron chi connectivity index (χ3n) is 2.08.